The molecule has 91 valence electrons. The fraction of sp³-hybridized carbons (Fsp3) is 0. The van der Waals surface area contributed by atoms with E-state index in [0.29, 0.717) is 0 Å². The van der Waals surface area contributed by atoms with Gasteiger partial charge in [0.05, 0.1) is 22.1 Å². The van der Waals surface area contributed by atoms with Crippen LogP contribution >= 0.6 is 0 Å². The highest BCUT2D eigenvalue weighted by Gasteiger charge is 2.15. The van der Waals surface area contributed by atoms with Crippen molar-refractivity contribution in [1.29, 1.82) is 0 Å². The minimum absolute atomic E-state index is 0.999. The predicted molar refractivity (Wildman–Crippen MR) is 76.5 cm³/mol. The van der Waals surface area contributed by atoms with Crippen LogP contribution in [0.5, 0.6) is 0 Å². The van der Waals surface area contributed by atoms with Crippen molar-refractivity contribution in [2.24, 2.45) is 9.98 Å². The summed E-state index contributed by atoms with van der Waals surface area (Å²) in [6, 6.07) is 21.6. The zero-order valence-corrected chi connectivity index (χ0v) is 10.6. The topological polar surface area (TPSA) is 24.7 Å². The van der Waals surface area contributed by atoms with Crippen LogP contribution in [-0.2, 0) is 0 Å². The molecule has 0 atom stereocenters. The van der Waals surface area contributed by atoms with Crippen molar-refractivity contribution in [3.05, 3.63) is 81.8 Å². The van der Waals surface area contributed by atoms with E-state index in [2.05, 4.69) is 52.4 Å². The van der Waals surface area contributed by atoms with Crippen LogP contribution < -0.4 is 10.7 Å². The minimum Gasteiger partial charge on any atom is -0.248 e. The van der Waals surface area contributed by atoms with Gasteiger partial charge in [0.1, 0.15) is 0 Å². The molecule has 2 heteroatoms. The van der Waals surface area contributed by atoms with Crippen molar-refractivity contribution >= 4 is 11.4 Å². The lowest BCUT2D eigenvalue weighted by molar-refractivity contribution is 1.35. The molecular weight excluding hydrogens is 244 g/mol. The van der Waals surface area contributed by atoms with Crippen LogP contribution in [0.1, 0.15) is 0 Å². The van der Waals surface area contributed by atoms with Crippen LogP contribution in [0.3, 0.4) is 0 Å². The molecule has 3 aromatic carbocycles. The molecule has 5 rings (SSSR count). The minimum atomic E-state index is 0.999. The number of nitrogens with zero attached hydrogens (tertiary/aromatic N) is 2. The van der Waals surface area contributed by atoms with Gasteiger partial charge in [0.25, 0.3) is 0 Å². The summed E-state index contributed by atoms with van der Waals surface area (Å²) in [5.41, 5.74) is 4.40. The van der Waals surface area contributed by atoms with E-state index < -0.39 is 0 Å². The van der Waals surface area contributed by atoms with E-state index in [1.165, 1.54) is 21.6 Å². The van der Waals surface area contributed by atoms with Gasteiger partial charge in [0, 0.05) is 21.6 Å². The third kappa shape index (κ3) is 1.18. The maximum atomic E-state index is 4.69. The summed E-state index contributed by atoms with van der Waals surface area (Å²) in [6.45, 7) is 0. The summed E-state index contributed by atoms with van der Waals surface area (Å²) in [5, 5.41) is 4.47. The predicted octanol–water partition coefficient (Wildman–Crippen LogP) is 2.97. The molecule has 0 N–H and O–H groups in total. The van der Waals surface area contributed by atoms with Crippen molar-refractivity contribution in [2.75, 3.05) is 0 Å². The second-order valence-electron chi connectivity index (χ2n) is 5.07. The first-order valence-electron chi connectivity index (χ1n) is 6.61. The highest BCUT2D eigenvalue weighted by atomic mass is 14.8. The normalized spacial score (nSPS) is 12.8. The number of hydrogen-bond donors (Lipinski definition) is 0. The van der Waals surface area contributed by atoms with Crippen LogP contribution in [0.4, 0.5) is 11.4 Å². The molecule has 2 aliphatic heterocycles. The fourth-order valence-electron chi connectivity index (χ4n) is 2.99. The van der Waals surface area contributed by atoms with Crippen LogP contribution in [-0.4, -0.2) is 0 Å². The molecule has 0 amide bonds. The average molecular weight is 253 g/mol. The second-order valence-corrected chi connectivity index (χ2v) is 5.07. The Morgan fingerprint density at radius 2 is 1.65 bits per heavy atom. The van der Waals surface area contributed by atoms with Gasteiger partial charge in [-0.2, -0.15) is 0 Å². The molecule has 0 bridgehead atoms. The molecule has 0 spiro atoms. The van der Waals surface area contributed by atoms with Gasteiger partial charge < -0.3 is 0 Å². The number of para-hydroxylation sites is 1. The third-order valence-electron chi connectivity index (χ3n) is 3.92. The molecule has 0 unspecified atom stereocenters. The Balaban J connectivity index is 1.98. The lowest BCUT2D eigenvalue weighted by Crippen LogP contribution is -1.99. The van der Waals surface area contributed by atoms with E-state index in [-0.39, 0.29) is 0 Å². The molecule has 0 saturated carbocycles. The summed E-state index contributed by atoms with van der Waals surface area (Å²) in [6.07, 6.45) is 0. The summed E-state index contributed by atoms with van der Waals surface area (Å²) in [4.78, 5) is 9.35. The summed E-state index contributed by atoms with van der Waals surface area (Å²) in [7, 11) is 0. The molecule has 3 aromatic rings. The molecule has 2 aliphatic rings. The maximum absolute atomic E-state index is 4.69. The quantitative estimate of drug-likeness (QED) is 0.405. The van der Waals surface area contributed by atoms with Gasteiger partial charge in [-0.1, -0.05) is 30.3 Å². The standard InChI is InChI=1S/C18H9N2/c1-3-7-15-11(5-1)13-9-14-12-6-2-4-8-16(12)20-18(14)10-17(13)19-15/h1-3,5-10H. The molecule has 0 fully saturated rings. The van der Waals surface area contributed by atoms with Crippen LogP contribution in [0.25, 0.3) is 11.1 Å². The number of benzene rings is 3. The number of rotatable bonds is 0. The summed E-state index contributed by atoms with van der Waals surface area (Å²) < 4.78 is 0. The average Bonchev–Trinajstić information content (AvgIpc) is 3.02. The van der Waals surface area contributed by atoms with Crippen LogP contribution in [0, 0.1) is 16.5 Å². The van der Waals surface area contributed by atoms with Crippen molar-refractivity contribution < 1.29 is 0 Å². The molecule has 0 aromatic heterocycles. The van der Waals surface area contributed by atoms with Crippen molar-refractivity contribution in [3.8, 4) is 11.1 Å². The van der Waals surface area contributed by atoms with E-state index in [4.69, 9.17) is 0 Å². The SMILES string of the molecule is [c]1ccc2c(c1)N=c1cc3c(cc1-2)=c1ccccc1=N3. The Morgan fingerprint density at radius 1 is 0.750 bits per heavy atom. The van der Waals surface area contributed by atoms with Crippen molar-refractivity contribution in [1.82, 2.24) is 0 Å². The van der Waals surface area contributed by atoms with Gasteiger partial charge in [0.2, 0.25) is 0 Å². The van der Waals surface area contributed by atoms with Crippen LogP contribution in [0.15, 0.2) is 64.6 Å². The molecule has 0 aliphatic carbocycles. The summed E-state index contributed by atoms with van der Waals surface area (Å²) in [5.74, 6) is 0. The van der Waals surface area contributed by atoms with E-state index in [0.717, 1.165) is 22.1 Å². The van der Waals surface area contributed by atoms with E-state index >= 15 is 0 Å². The number of fused-ring (bicyclic) bond motifs is 5. The van der Waals surface area contributed by atoms with Gasteiger partial charge in [-0.3, -0.25) is 0 Å². The highest BCUT2D eigenvalue weighted by Crippen LogP contribution is 2.33. The van der Waals surface area contributed by atoms with Crippen molar-refractivity contribution in [2.45, 2.75) is 0 Å². The molecular formula is C18H9N2. The lowest BCUT2D eigenvalue weighted by Gasteiger charge is -1.98. The van der Waals surface area contributed by atoms with E-state index in [1.54, 1.807) is 0 Å². The van der Waals surface area contributed by atoms with Crippen LogP contribution in [0.2, 0.25) is 0 Å². The Kier molecular flexibility index (Phi) is 1.73. The van der Waals surface area contributed by atoms with Gasteiger partial charge in [-0.05, 0) is 30.3 Å². The second kappa shape index (κ2) is 3.42. The van der Waals surface area contributed by atoms with Gasteiger partial charge in [-0.15, -0.1) is 0 Å². The van der Waals surface area contributed by atoms with Crippen molar-refractivity contribution in [3.63, 3.8) is 0 Å². The monoisotopic (exact) mass is 253 g/mol. The lowest BCUT2D eigenvalue weighted by atomic mass is 10.0. The first kappa shape index (κ1) is 10.1. The molecule has 20 heavy (non-hydrogen) atoms. The highest BCUT2D eigenvalue weighted by molar-refractivity contribution is 5.80. The zero-order chi connectivity index (χ0) is 13.1. The van der Waals surface area contributed by atoms with E-state index in [9.17, 15) is 0 Å². The third-order valence-corrected chi connectivity index (χ3v) is 3.92. The molecule has 1 radical (unpaired) electrons. The maximum Gasteiger partial charge on any atom is 0.0738 e. The Morgan fingerprint density at radius 3 is 2.65 bits per heavy atom. The fourth-order valence-corrected chi connectivity index (χ4v) is 2.99. The molecule has 2 nitrogen and oxygen atoms in total. The smallest absolute Gasteiger partial charge is 0.0738 e. The molecule has 2 heterocycles. The molecule has 0 saturated heterocycles. The largest absolute Gasteiger partial charge is 0.248 e. The summed E-state index contributed by atoms with van der Waals surface area (Å²) >= 11 is 0. The first-order chi connectivity index (χ1) is 9.90. The van der Waals surface area contributed by atoms with Gasteiger partial charge in [0.15, 0.2) is 0 Å². The van der Waals surface area contributed by atoms with Gasteiger partial charge >= 0.3 is 0 Å². The Bertz CT molecular complexity index is 1090. The zero-order valence-electron chi connectivity index (χ0n) is 10.6. The Hall–Kier alpha value is -2.74. The van der Waals surface area contributed by atoms with E-state index in [1.807, 2.05) is 18.2 Å². The number of hydrogen-bond acceptors (Lipinski definition) is 2. The first-order valence-corrected chi connectivity index (χ1v) is 6.61. The Labute approximate surface area is 115 Å². The van der Waals surface area contributed by atoms with Gasteiger partial charge in [-0.25, -0.2) is 9.98 Å².